The van der Waals surface area contributed by atoms with E-state index in [2.05, 4.69) is 17.4 Å². The maximum atomic E-state index is 12.5. The van der Waals surface area contributed by atoms with E-state index in [4.69, 9.17) is 9.26 Å². The Morgan fingerprint density at radius 1 is 1.25 bits per heavy atom. The zero-order valence-electron chi connectivity index (χ0n) is 14.5. The molecule has 1 aromatic heterocycles. The molecule has 0 bridgehead atoms. The molecule has 0 atom stereocenters. The first-order valence-electron chi connectivity index (χ1n) is 8.50. The third kappa shape index (κ3) is 3.61. The topological polar surface area (TPSA) is 64.4 Å². The van der Waals surface area contributed by atoms with Crippen molar-refractivity contribution in [2.75, 3.05) is 0 Å². The van der Waals surface area contributed by atoms with Gasteiger partial charge in [-0.25, -0.2) is 0 Å². The van der Waals surface area contributed by atoms with Gasteiger partial charge in [0.05, 0.1) is 5.56 Å². The molecule has 0 aliphatic heterocycles. The highest BCUT2D eigenvalue weighted by Gasteiger charge is 2.24. The number of nitrogens with zero attached hydrogens (tertiary/aromatic N) is 1. The minimum Gasteiger partial charge on any atom is -0.489 e. The Morgan fingerprint density at radius 2 is 2.00 bits per heavy atom. The summed E-state index contributed by atoms with van der Waals surface area (Å²) in [6, 6.07) is 6.21. The third-order valence-corrected chi connectivity index (χ3v) is 4.75. The summed E-state index contributed by atoms with van der Waals surface area (Å²) in [5.41, 5.74) is 3.45. The maximum absolute atomic E-state index is 12.5. The summed E-state index contributed by atoms with van der Waals surface area (Å²) in [6.45, 7) is 6.19. The number of nitrogens with one attached hydrogen (secondary N) is 1. The van der Waals surface area contributed by atoms with Gasteiger partial charge in [-0.1, -0.05) is 24.1 Å². The number of aryl methyl sites for hydroxylation is 3. The maximum Gasteiger partial charge on any atom is 0.274 e. The van der Waals surface area contributed by atoms with E-state index in [-0.39, 0.29) is 18.6 Å². The van der Waals surface area contributed by atoms with Gasteiger partial charge in [-0.2, -0.15) is 0 Å². The average molecular weight is 328 g/mol. The van der Waals surface area contributed by atoms with Gasteiger partial charge in [0.25, 0.3) is 5.91 Å². The van der Waals surface area contributed by atoms with Gasteiger partial charge in [-0.15, -0.1) is 0 Å². The molecule has 1 aliphatic carbocycles. The number of benzene rings is 1. The molecule has 1 fully saturated rings. The Morgan fingerprint density at radius 3 is 2.71 bits per heavy atom. The zero-order chi connectivity index (χ0) is 17.1. The highest BCUT2D eigenvalue weighted by atomic mass is 16.5. The summed E-state index contributed by atoms with van der Waals surface area (Å²) in [5, 5.41) is 6.98. The molecule has 1 heterocycles. The fourth-order valence-electron chi connectivity index (χ4n) is 3.02. The van der Waals surface area contributed by atoms with E-state index < -0.39 is 0 Å². The van der Waals surface area contributed by atoms with Gasteiger partial charge in [0.2, 0.25) is 0 Å². The summed E-state index contributed by atoms with van der Waals surface area (Å²) in [6.07, 6.45) is 4.42. The van der Waals surface area contributed by atoms with E-state index in [0.717, 1.165) is 18.6 Å². The van der Waals surface area contributed by atoms with Crippen molar-refractivity contribution in [1.29, 1.82) is 0 Å². The molecular weight excluding hydrogens is 304 g/mol. The van der Waals surface area contributed by atoms with E-state index in [1.807, 2.05) is 25.1 Å². The number of aromatic nitrogens is 1. The van der Waals surface area contributed by atoms with Crippen LogP contribution in [0.2, 0.25) is 0 Å². The molecule has 24 heavy (non-hydrogen) atoms. The largest absolute Gasteiger partial charge is 0.489 e. The number of ether oxygens (including phenoxy) is 1. The average Bonchev–Trinajstić information content (AvgIpc) is 3.18. The van der Waals surface area contributed by atoms with Crippen molar-refractivity contribution in [2.45, 2.75) is 59.1 Å². The molecule has 128 valence electrons. The van der Waals surface area contributed by atoms with E-state index in [9.17, 15) is 4.79 Å². The lowest BCUT2D eigenvalue weighted by atomic mass is 10.1. The summed E-state index contributed by atoms with van der Waals surface area (Å²) >= 11 is 0. The van der Waals surface area contributed by atoms with Crippen LogP contribution in [0.5, 0.6) is 5.75 Å². The third-order valence-electron chi connectivity index (χ3n) is 4.75. The van der Waals surface area contributed by atoms with Gasteiger partial charge >= 0.3 is 0 Å². The SMILES string of the molecule is Cc1ccc(OCc2c(C(=O)NC3CCCC3)noc2C)cc1C. The zero-order valence-corrected chi connectivity index (χ0v) is 14.5. The van der Waals surface area contributed by atoms with Crippen molar-refractivity contribution in [3.8, 4) is 5.75 Å². The molecule has 0 spiro atoms. The Labute approximate surface area is 142 Å². The summed E-state index contributed by atoms with van der Waals surface area (Å²) in [7, 11) is 0. The molecule has 1 aromatic carbocycles. The van der Waals surface area contributed by atoms with Gasteiger partial charge in [-0.05, 0) is 56.9 Å². The lowest BCUT2D eigenvalue weighted by Gasteiger charge is -2.12. The molecule has 0 saturated heterocycles. The predicted octanol–water partition coefficient (Wildman–Crippen LogP) is 3.85. The fourth-order valence-corrected chi connectivity index (χ4v) is 3.02. The van der Waals surface area contributed by atoms with E-state index in [0.29, 0.717) is 17.0 Å². The number of hydrogen-bond donors (Lipinski definition) is 1. The van der Waals surface area contributed by atoms with Crippen LogP contribution >= 0.6 is 0 Å². The Balaban J connectivity index is 1.69. The lowest BCUT2D eigenvalue weighted by molar-refractivity contribution is 0.0926. The van der Waals surface area contributed by atoms with Crippen LogP contribution in [0.25, 0.3) is 0 Å². The molecule has 5 nitrogen and oxygen atoms in total. The molecule has 5 heteroatoms. The van der Waals surface area contributed by atoms with Crippen molar-refractivity contribution in [1.82, 2.24) is 10.5 Å². The smallest absolute Gasteiger partial charge is 0.274 e. The lowest BCUT2D eigenvalue weighted by Crippen LogP contribution is -2.33. The van der Waals surface area contributed by atoms with Crippen LogP contribution in [0, 0.1) is 20.8 Å². The summed E-state index contributed by atoms with van der Waals surface area (Å²) in [4.78, 5) is 12.5. The molecule has 1 aliphatic rings. The summed E-state index contributed by atoms with van der Waals surface area (Å²) in [5.74, 6) is 1.23. The molecular formula is C19H24N2O3. The van der Waals surface area contributed by atoms with Crippen molar-refractivity contribution >= 4 is 5.91 Å². The first-order chi connectivity index (χ1) is 11.5. The normalized spacial score (nSPS) is 14.8. The predicted molar refractivity (Wildman–Crippen MR) is 91.2 cm³/mol. The van der Waals surface area contributed by atoms with Gasteiger partial charge in [0.15, 0.2) is 5.69 Å². The van der Waals surface area contributed by atoms with Crippen LogP contribution in [0.15, 0.2) is 22.7 Å². The quantitative estimate of drug-likeness (QED) is 0.905. The number of rotatable bonds is 5. The molecule has 0 radical (unpaired) electrons. The van der Waals surface area contributed by atoms with Crippen LogP contribution in [0.4, 0.5) is 0 Å². The van der Waals surface area contributed by atoms with E-state index in [1.54, 1.807) is 6.92 Å². The van der Waals surface area contributed by atoms with Crippen molar-refractivity contribution in [2.24, 2.45) is 0 Å². The molecule has 1 N–H and O–H groups in total. The molecule has 1 amide bonds. The van der Waals surface area contributed by atoms with Crippen LogP contribution in [-0.4, -0.2) is 17.1 Å². The van der Waals surface area contributed by atoms with Crippen LogP contribution in [0.3, 0.4) is 0 Å². The fraction of sp³-hybridized carbons (Fsp3) is 0.474. The number of carbonyl (C=O) groups excluding carboxylic acids is 1. The van der Waals surface area contributed by atoms with Gasteiger partial charge < -0.3 is 14.6 Å². The van der Waals surface area contributed by atoms with Gasteiger partial charge in [-0.3, -0.25) is 4.79 Å². The Kier molecular flexibility index (Phi) is 4.88. The number of amides is 1. The standard InChI is InChI=1S/C19H24N2O3/c1-12-8-9-16(10-13(12)2)23-11-17-14(3)24-21-18(17)19(22)20-15-6-4-5-7-15/h8-10,15H,4-7,11H2,1-3H3,(H,20,22). The van der Waals surface area contributed by atoms with Crippen LogP contribution in [0.1, 0.15) is 58.6 Å². The second-order valence-corrected chi connectivity index (χ2v) is 6.56. The first-order valence-corrected chi connectivity index (χ1v) is 8.50. The van der Waals surface area contributed by atoms with Crippen molar-refractivity contribution in [3.63, 3.8) is 0 Å². The minimum atomic E-state index is -0.169. The number of hydrogen-bond acceptors (Lipinski definition) is 4. The van der Waals surface area contributed by atoms with Crippen LogP contribution < -0.4 is 10.1 Å². The van der Waals surface area contributed by atoms with E-state index >= 15 is 0 Å². The summed E-state index contributed by atoms with van der Waals surface area (Å²) < 4.78 is 11.1. The van der Waals surface area contributed by atoms with Gasteiger partial charge in [0.1, 0.15) is 18.1 Å². The van der Waals surface area contributed by atoms with E-state index in [1.165, 1.54) is 24.0 Å². The first kappa shape index (κ1) is 16.6. The molecule has 3 rings (SSSR count). The van der Waals surface area contributed by atoms with Crippen molar-refractivity contribution in [3.05, 3.63) is 46.3 Å². The molecule has 1 saturated carbocycles. The highest BCUT2D eigenvalue weighted by molar-refractivity contribution is 5.94. The Hall–Kier alpha value is -2.30. The second kappa shape index (κ2) is 7.07. The van der Waals surface area contributed by atoms with Crippen molar-refractivity contribution < 1.29 is 14.1 Å². The monoisotopic (exact) mass is 328 g/mol. The van der Waals surface area contributed by atoms with Gasteiger partial charge in [0, 0.05) is 6.04 Å². The Bertz CT molecular complexity index is 730. The molecule has 2 aromatic rings. The number of carbonyl (C=O) groups is 1. The minimum absolute atomic E-state index is 0.169. The molecule has 0 unspecified atom stereocenters. The van der Waals surface area contributed by atoms with Crippen LogP contribution in [-0.2, 0) is 6.61 Å². The highest BCUT2D eigenvalue weighted by Crippen LogP contribution is 2.22. The second-order valence-electron chi connectivity index (χ2n) is 6.56.